The second-order valence-corrected chi connectivity index (χ2v) is 4.05. The molecule has 0 aliphatic heterocycles. The lowest BCUT2D eigenvalue weighted by atomic mass is 10.2. The van der Waals surface area contributed by atoms with Crippen LogP contribution >= 0.6 is 27.5 Å². The molecule has 0 saturated carbocycles. The van der Waals surface area contributed by atoms with Crippen LogP contribution in [0.3, 0.4) is 0 Å². The largest absolute Gasteiger partial charge is 0.268 e. The molecule has 2 rings (SSSR count). The Hall–Kier alpha value is -0.540. The van der Waals surface area contributed by atoms with Gasteiger partial charge in [-0.05, 0) is 25.1 Å². The first-order chi connectivity index (χ1) is 6.76. The van der Waals surface area contributed by atoms with Crippen LogP contribution in [0.4, 0.5) is 0 Å². The van der Waals surface area contributed by atoms with E-state index in [0.29, 0.717) is 0 Å². The number of alkyl halides is 1. The van der Waals surface area contributed by atoms with Crippen molar-refractivity contribution in [2.75, 3.05) is 0 Å². The van der Waals surface area contributed by atoms with Gasteiger partial charge in [0, 0.05) is 22.3 Å². The molecular weight excluding hydrogens is 263 g/mol. The van der Waals surface area contributed by atoms with Crippen LogP contribution in [0.5, 0.6) is 0 Å². The minimum atomic E-state index is 0.736. The molecule has 0 saturated heterocycles. The molecule has 0 spiro atoms. The molecule has 2 aromatic rings. The molecule has 0 radical (unpaired) electrons. The second kappa shape index (κ2) is 3.91. The topological polar surface area (TPSA) is 17.8 Å². The summed E-state index contributed by atoms with van der Waals surface area (Å²) in [5.41, 5.74) is 2.17. The lowest BCUT2D eigenvalue weighted by molar-refractivity contribution is 0.645. The SMILES string of the molecule is CCn1nc2cc(Cl)ccc2c1CBr. The number of aryl methyl sites for hydroxylation is 1. The van der Waals surface area contributed by atoms with E-state index in [9.17, 15) is 0 Å². The molecule has 0 N–H and O–H groups in total. The highest BCUT2D eigenvalue weighted by Gasteiger charge is 2.08. The van der Waals surface area contributed by atoms with Gasteiger partial charge in [0.2, 0.25) is 0 Å². The predicted molar refractivity (Wildman–Crippen MR) is 63.0 cm³/mol. The Morgan fingerprint density at radius 3 is 2.93 bits per heavy atom. The smallest absolute Gasteiger partial charge is 0.0941 e. The highest BCUT2D eigenvalue weighted by Crippen LogP contribution is 2.23. The molecule has 4 heteroatoms. The molecule has 0 amide bonds. The van der Waals surface area contributed by atoms with Gasteiger partial charge in [0.25, 0.3) is 0 Å². The fraction of sp³-hybridized carbons (Fsp3) is 0.300. The summed E-state index contributed by atoms with van der Waals surface area (Å²) in [6, 6.07) is 5.82. The van der Waals surface area contributed by atoms with E-state index in [1.807, 2.05) is 22.9 Å². The van der Waals surface area contributed by atoms with E-state index in [0.717, 1.165) is 22.4 Å². The van der Waals surface area contributed by atoms with Crippen molar-refractivity contribution in [2.24, 2.45) is 0 Å². The zero-order valence-electron chi connectivity index (χ0n) is 7.80. The number of rotatable bonds is 2. The monoisotopic (exact) mass is 272 g/mol. The van der Waals surface area contributed by atoms with Crippen molar-refractivity contribution in [2.45, 2.75) is 18.8 Å². The van der Waals surface area contributed by atoms with E-state index in [1.165, 1.54) is 11.1 Å². The molecule has 1 aromatic carbocycles. The zero-order valence-corrected chi connectivity index (χ0v) is 10.1. The molecule has 0 unspecified atom stereocenters. The number of hydrogen-bond acceptors (Lipinski definition) is 1. The van der Waals surface area contributed by atoms with Crippen molar-refractivity contribution in [3.8, 4) is 0 Å². The van der Waals surface area contributed by atoms with Crippen LogP contribution in [0.15, 0.2) is 18.2 Å². The molecule has 0 bridgehead atoms. The molecule has 0 atom stereocenters. The molecule has 0 fully saturated rings. The molecular formula is C10H10BrClN2. The summed E-state index contributed by atoms with van der Waals surface area (Å²) in [5.74, 6) is 0. The van der Waals surface area contributed by atoms with Crippen molar-refractivity contribution in [3.05, 3.63) is 28.9 Å². The van der Waals surface area contributed by atoms with Crippen LogP contribution in [0, 0.1) is 0 Å². The second-order valence-electron chi connectivity index (χ2n) is 3.06. The van der Waals surface area contributed by atoms with Crippen LogP contribution in [0.2, 0.25) is 5.02 Å². The van der Waals surface area contributed by atoms with Crippen LogP contribution in [0.1, 0.15) is 12.6 Å². The third-order valence-electron chi connectivity index (χ3n) is 2.24. The van der Waals surface area contributed by atoms with Gasteiger partial charge in [0.05, 0.1) is 11.2 Å². The van der Waals surface area contributed by atoms with Crippen molar-refractivity contribution in [3.63, 3.8) is 0 Å². The normalized spacial score (nSPS) is 11.1. The Balaban J connectivity index is 2.73. The number of aromatic nitrogens is 2. The van der Waals surface area contributed by atoms with Crippen LogP contribution < -0.4 is 0 Å². The summed E-state index contributed by atoms with van der Waals surface area (Å²) in [4.78, 5) is 0. The number of benzene rings is 1. The molecule has 1 heterocycles. The van der Waals surface area contributed by atoms with Gasteiger partial charge in [-0.15, -0.1) is 0 Å². The Kier molecular flexibility index (Phi) is 2.79. The first kappa shape index (κ1) is 9.99. The predicted octanol–water partition coefficient (Wildman–Crippen LogP) is 3.60. The Morgan fingerprint density at radius 1 is 1.50 bits per heavy atom. The van der Waals surface area contributed by atoms with E-state index < -0.39 is 0 Å². The van der Waals surface area contributed by atoms with Gasteiger partial charge in [0.1, 0.15) is 0 Å². The van der Waals surface area contributed by atoms with E-state index in [-0.39, 0.29) is 0 Å². The number of fused-ring (bicyclic) bond motifs is 1. The highest BCUT2D eigenvalue weighted by molar-refractivity contribution is 9.08. The van der Waals surface area contributed by atoms with Crippen molar-refractivity contribution < 1.29 is 0 Å². The zero-order chi connectivity index (χ0) is 10.1. The lowest BCUT2D eigenvalue weighted by Crippen LogP contribution is -2.00. The minimum absolute atomic E-state index is 0.736. The van der Waals surface area contributed by atoms with Crippen molar-refractivity contribution >= 4 is 38.4 Å². The van der Waals surface area contributed by atoms with E-state index in [4.69, 9.17) is 11.6 Å². The van der Waals surface area contributed by atoms with Gasteiger partial charge in [0.15, 0.2) is 0 Å². The Bertz CT molecular complexity index is 464. The Morgan fingerprint density at radius 2 is 2.29 bits per heavy atom. The van der Waals surface area contributed by atoms with Crippen LogP contribution in [0.25, 0.3) is 10.9 Å². The number of halogens is 2. The minimum Gasteiger partial charge on any atom is -0.268 e. The maximum atomic E-state index is 5.91. The van der Waals surface area contributed by atoms with Gasteiger partial charge in [-0.3, -0.25) is 4.68 Å². The number of hydrogen-bond donors (Lipinski definition) is 0. The van der Waals surface area contributed by atoms with E-state index in [1.54, 1.807) is 0 Å². The highest BCUT2D eigenvalue weighted by atomic mass is 79.9. The average molecular weight is 274 g/mol. The maximum Gasteiger partial charge on any atom is 0.0941 e. The van der Waals surface area contributed by atoms with Gasteiger partial charge < -0.3 is 0 Å². The first-order valence-electron chi connectivity index (χ1n) is 4.47. The van der Waals surface area contributed by atoms with Gasteiger partial charge in [-0.2, -0.15) is 5.10 Å². The molecule has 1 aromatic heterocycles. The third kappa shape index (κ3) is 1.55. The van der Waals surface area contributed by atoms with Gasteiger partial charge >= 0.3 is 0 Å². The van der Waals surface area contributed by atoms with Gasteiger partial charge in [-0.25, -0.2) is 0 Å². The summed E-state index contributed by atoms with van der Waals surface area (Å²) < 4.78 is 2.00. The molecule has 0 aliphatic carbocycles. The molecule has 2 nitrogen and oxygen atoms in total. The number of nitrogens with zero attached hydrogens (tertiary/aromatic N) is 2. The summed E-state index contributed by atoms with van der Waals surface area (Å²) >= 11 is 9.38. The van der Waals surface area contributed by atoms with Gasteiger partial charge in [-0.1, -0.05) is 27.5 Å². The average Bonchev–Trinajstić information content (AvgIpc) is 2.54. The van der Waals surface area contributed by atoms with E-state index in [2.05, 4.69) is 28.0 Å². The van der Waals surface area contributed by atoms with Crippen LogP contribution in [-0.2, 0) is 11.9 Å². The third-order valence-corrected chi connectivity index (χ3v) is 3.00. The maximum absolute atomic E-state index is 5.91. The summed E-state index contributed by atoms with van der Waals surface area (Å²) in [6.45, 7) is 2.97. The fourth-order valence-corrected chi connectivity index (χ4v) is 2.32. The summed E-state index contributed by atoms with van der Waals surface area (Å²) in [5, 5.41) is 7.19. The summed E-state index contributed by atoms with van der Waals surface area (Å²) in [7, 11) is 0. The summed E-state index contributed by atoms with van der Waals surface area (Å²) in [6.07, 6.45) is 0. The quantitative estimate of drug-likeness (QED) is 0.765. The first-order valence-corrected chi connectivity index (χ1v) is 5.97. The standard InChI is InChI=1S/C10H10BrClN2/c1-2-14-10(6-11)8-4-3-7(12)5-9(8)13-14/h3-5H,2,6H2,1H3. The molecule has 0 aliphatic rings. The molecule has 14 heavy (non-hydrogen) atoms. The molecule has 74 valence electrons. The van der Waals surface area contributed by atoms with E-state index >= 15 is 0 Å². The van der Waals surface area contributed by atoms with Crippen LogP contribution in [-0.4, -0.2) is 9.78 Å². The van der Waals surface area contributed by atoms with Crippen molar-refractivity contribution in [1.29, 1.82) is 0 Å². The lowest BCUT2D eigenvalue weighted by Gasteiger charge is -1.99. The Labute approximate surface area is 96.0 Å². The fourth-order valence-electron chi connectivity index (χ4n) is 1.56. The van der Waals surface area contributed by atoms with Crippen molar-refractivity contribution in [1.82, 2.24) is 9.78 Å².